The van der Waals surface area contributed by atoms with Gasteiger partial charge in [-0.15, -0.1) is 24.0 Å². The van der Waals surface area contributed by atoms with Gasteiger partial charge in [-0.2, -0.15) is 0 Å². The number of methoxy groups -OCH3 is 1. The van der Waals surface area contributed by atoms with E-state index in [1.165, 1.54) is 6.07 Å². The van der Waals surface area contributed by atoms with Crippen LogP contribution in [0.5, 0.6) is 0 Å². The van der Waals surface area contributed by atoms with E-state index in [-0.39, 0.29) is 29.8 Å². The number of halogens is 2. The van der Waals surface area contributed by atoms with Crippen molar-refractivity contribution in [2.45, 2.75) is 19.8 Å². The number of aliphatic imine (C=N–C) groups is 1. The van der Waals surface area contributed by atoms with Crippen LogP contribution in [0, 0.1) is 5.82 Å². The minimum atomic E-state index is -0.154. The molecule has 2 N–H and O–H groups in total. The molecule has 0 atom stereocenters. The van der Waals surface area contributed by atoms with Crippen LogP contribution in [0.25, 0.3) is 0 Å². The van der Waals surface area contributed by atoms with Crippen molar-refractivity contribution in [1.29, 1.82) is 0 Å². The van der Waals surface area contributed by atoms with Crippen LogP contribution in [0.4, 0.5) is 4.39 Å². The van der Waals surface area contributed by atoms with Gasteiger partial charge in [0.1, 0.15) is 5.82 Å². The summed E-state index contributed by atoms with van der Waals surface area (Å²) >= 11 is 0. The average Bonchev–Trinajstić information content (AvgIpc) is 2.57. The van der Waals surface area contributed by atoms with Crippen LogP contribution < -0.4 is 10.6 Å². The van der Waals surface area contributed by atoms with Crippen molar-refractivity contribution >= 4 is 29.9 Å². The van der Waals surface area contributed by atoms with Crippen molar-refractivity contribution in [2.24, 2.45) is 4.99 Å². The second-order valence-corrected chi connectivity index (χ2v) is 5.68. The molecule has 7 heteroatoms. The molecule has 0 aliphatic heterocycles. The lowest BCUT2D eigenvalue weighted by Gasteiger charge is -2.16. The van der Waals surface area contributed by atoms with Crippen LogP contribution >= 0.6 is 24.0 Å². The topological polar surface area (TPSA) is 48.9 Å². The molecule has 0 spiro atoms. The van der Waals surface area contributed by atoms with Crippen LogP contribution in [-0.4, -0.2) is 64.3 Å². The van der Waals surface area contributed by atoms with Gasteiger partial charge in [-0.25, -0.2) is 4.39 Å². The van der Waals surface area contributed by atoms with E-state index in [0.29, 0.717) is 13.0 Å². The Kier molecular flexibility index (Phi) is 14.8. The summed E-state index contributed by atoms with van der Waals surface area (Å²) in [6.07, 6.45) is 1.66. The molecule has 0 amide bonds. The monoisotopic (exact) mass is 466 g/mol. The SMILES string of the molecule is CCNC(=NCCN(C)CCCOC)NCCc1ccccc1F.I. The molecule has 1 rings (SSSR count). The van der Waals surface area contributed by atoms with Crippen molar-refractivity contribution in [2.75, 3.05) is 53.5 Å². The number of hydrogen-bond acceptors (Lipinski definition) is 3. The number of hydrogen-bond donors (Lipinski definition) is 2. The fourth-order valence-electron chi connectivity index (χ4n) is 2.28. The molecule has 0 aliphatic rings. The third-order valence-electron chi connectivity index (χ3n) is 3.63. The van der Waals surface area contributed by atoms with Gasteiger partial charge in [0.05, 0.1) is 6.54 Å². The van der Waals surface area contributed by atoms with Crippen molar-refractivity contribution in [3.05, 3.63) is 35.6 Å². The second kappa shape index (κ2) is 15.3. The normalized spacial score (nSPS) is 11.3. The van der Waals surface area contributed by atoms with Gasteiger partial charge >= 0.3 is 0 Å². The predicted molar refractivity (Wildman–Crippen MR) is 113 cm³/mol. The zero-order valence-corrected chi connectivity index (χ0v) is 17.9. The number of likely N-dealkylation sites (N-methyl/N-ethyl adjacent to an activating group) is 1. The van der Waals surface area contributed by atoms with Crippen molar-refractivity contribution in [3.63, 3.8) is 0 Å². The van der Waals surface area contributed by atoms with E-state index in [1.54, 1.807) is 13.2 Å². The third kappa shape index (κ3) is 11.3. The standard InChI is InChI=1S/C18H31FN4O.HI/c1-4-20-18(22-12-14-23(2)13-7-15-24-3)21-11-10-16-8-5-6-9-17(16)19;/h5-6,8-9H,4,7,10-15H2,1-3H3,(H2,20,21,22);1H. The first-order chi connectivity index (χ1) is 11.7. The maximum absolute atomic E-state index is 13.6. The molecule has 1 aromatic rings. The molecule has 25 heavy (non-hydrogen) atoms. The van der Waals surface area contributed by atoms with E-state index in [4.69, 9.17) is 4.74 Å². The molecule has 5 nitrogen and oxygen atoms in total. The van der Waals surface area contributed by atoms with Crippen molar-refractivity contribution in [1.82, 2.24) is 15.5 Å². The molecular formula is C18H32FIN4O. The maximum Gasteiger partial charge on any atom is 0.191 e. The fraction of sp³-hybridized carbons (Fsp3) is 0.611. The van der Waals surface area contributed by atoms with E-state index < -0.39 is 0 Å². The number of benzene rings is 1. The number of ether oxygens (including phenoxy) is 1. The minimum absolute atomic E-state index is 0. The molecule has 0 heterocycles. The molecule has 1 aromatic carbocycles. The van der Waals surface area contributed by atoms with Crippen molar-refractivity contribution < 1.29 is 9.13 Å². The number of nitrogens with zero attached hydrogens (tertiary/aromatic N) is 2. The molecule has 0 saturated heterocycles. The fourth-order valence-corrected chi connectivity index (χ4v) is 2.28. The van der Waals surface area contributed by atoms with Gasteiger partial charge in [0.15, 0.2) is 5.96 Å². The molecule has 144 valence electrons. The predicted octanol–water partition coefficient (Wildman–Crippen LogP) is 2.51. The van der Waals surface area contributed by atoms with E-state index in [9.17, 15) is 4.39 Å². The van der Waals surface area contributed by atoms with Gasteiger partial charge in [-0.1, -0.05) is 18.2 Å². The minimum Gasteiger partial charge on any atom is -0.385 e. The smallest absolute Gasteiger partial charge is 0.191 e. The Morgan fingerprint density at radius 3 is 2.68 bits per heavy atom. The zero-order valence-electron chi connectivity index (χ0n) is 15.6. The third-order valence-corrected chi connectivity index (χ3v) is 3.63. The van der Waals surface area contributed by atoms with Crippen LogP contribution in [0.2, 0.25) is 0 Å². The summed E-state index contributed by atoms with van der Waals surface area (Å²) < 4.78 is 18.6. The van der Waals surface area contributed by atoms with Gasteiger partial charge in [-0.3, -0.25) is 4.99 Å². The quantitative estimate of drug-likeness (QED) is 0.228. The Bertz CT molecular complexity index is 488. The van der Waals surface area contributed by atoms with E-state index >= 15 is 0 Å². The highest BCUT2D eigenvalue weighted by Crippen LogP contribution is 2.06. The number of guanidine groups is 1. The molecule has 0 saturated carbocycles. The molecule has 0 unspecified atom stereocenters. The van der Waals surface area contributed by atoms with Crippen LogP contribution in [0.1, 0.15) is 18.9 Å². The lowest BCUT2D eigenvalue weighted by molar-refractivity contribution is 0.180. The molecule has 0 radical (unpaired) electrons. The van der Waals surface area contributed by atoms with Gasteiger partial charge in [-0.05, 0) is 38.4 Å². The summed E-state index contributed by atoms with van der Waals surface area (Å²) in [4.78, 5) is 6.80. The summed E-state index contributed by atoms with van der Waals surface area (Å²) in [5.74, 6) is 0.623. The Morgan fingerprint density at radius 2 is 2.00 bits per heavy atom. The lowest BCUT2D eigenvalue weighted by atomic mass is 10.1. The summed E-state index contributed by atoms with van der Waals surface area (Å²) in [6.45, 7) is 6.89. The van der Waals surface area contributed by atoms with E-state index in [2.05, 4.69) is 27.6 Å². The highest BCUT2D eigenvalue weighted by molar-refractivity contribution is 14.0. The molecular weight excluding hydrogens is 434 g/mol. The zero-order chi connectivity index (χ0) is 17.6. The largest absolute Gasteiger partial charge is 0.385 e. The van der Waals surface area contributed by atoms with E-state index in [0.717, 1.165) is 50.7 Å². The number of nitrogens with one attached hydrogen (secondary N) is 2. The van der Waals surface area contributed by atoms with Crippen LogP contribution in [0.3, 0.4) is 0 Å². The summed E-state index contributed by atoms with van der Waals surface area (Å²) in [5.41, 5.74) is 0.721. The summed E-state index contributed by atoms with van der Waals surface area (Å²) in [5, 5.41) is 6.47. The molecule has 0 fully saturated rings. The molecule has 0 aromatic heterocycles. The summed E-state index contributed by atoms with van der Waals surface area (Å²) in [6, 6.07) is 6.88. The van der Waals surface area contributed by atoms with Gasteiger partial charge in [0.25, 0.3) is 0 Å². The summed E-state index contributed by atoms with van der Waals surface area (Å²) in [7, 11) is 3.81. The molecule has 0 bridgehead atoms. The van der Waals surface area contributed by atoms with Crippen molar-refractivity contribution in [3.8, 4) is 0 Å². The first-order valence-electron chi connectivity index (χ1n) is 8.60. The van der Waals surface area contributed by atoms with Gasteiger partial charge in [0, 0.05) is 39.9 Å². The first kappa shape index (κ1) is 24.1. The van der Waals surface area contributed by atoms with Gasteiger partial charge in [0.2, 0.25) is 0 Å². The van der Waals surface area contributed by atoms with Gasteiger partial charge < -0.3 is 20.3 Å². The average molecular weight is 466 g/mol. The maximum atomic E-state index is 13.6. The highest BCUT2D eigenvalue weighted by atomic mass is 127. The van der Waals surface area contributed by atoms with Crippen LogP contribution in [0.15, 0.2) is 29.3 Å². The highest BCUT2D eigenvalue weighted by Gasteiger charge is 2.02. The van der Waals surface area contributed by atoms with Crippen LogP contribution in [-0.2, 0) is 11.2 Å². The number of rotatable bonds is 11. The first-order valence-corrected chi connectivity index (χ1v) is 8.60. The lowest BCUT2D eigenvalue weighted by Crippen LogP contribution is -2.39. The van der Waals surface area contributed by atoms with E-state index in [1.807, 2.05) is 19.1 Å². The Hall–Kier alpha value is -0.930. The Morgan fingerprint density at radius 1 is 1.24 bits per heavy atom. The molecule has 0 aliphatic carbocycles. The Labute approximate surface area is 168 Å². The second-order valence-electron chi connectivity index (χ2n) is 5.68. The Balaban J connectivity index is 0.00000576.